The zero-order chi connectivity index (χ0) is 13.3. The number of aliphatic hydroxyl groups is 1. The minimum Gasteiger partial charge on any atom is -0.467 e. The molecule has 0 saturated carbocycles. The van der Waals surface area contributed by atoms with Crippen molar-refractivity contribution >= 4 is 27.5 Å². The van der Waals surface area contributed by atoms with Crippen molar-refractivity contribution in [1.29, 1.82) is 0 Å². The molecule has 0 aliphatic heterocycles. The quantitative estimate of drug-likeness (QED) is 0.814. The fourth-order valence-electron chi connectivity index (χ4n) is 1.62. The van der Waals surface area contributed by atoms with E-state index in [0.29, 0.717) is 10.2 Å². The Bertz CT molecular complexity index is 644. The van der Waals surface area contributed by atoms with Gasteiger partial charge in [0.25, 0.3) is 5.56 Å². The van der Waals surface area contributed by atoms with Crippen LogP contribution in [0.2, 0.25) is 0 Å². The highest BCUT2D eigenvalue weighted by molar-refractivity contribution is 7.16. The van der Waals surface area contributed by atoms with Crippen LogP contribution < -0.4 is 5.56 Å². The second-order valence-electron chi connectivity index (χ2n) is 4.08. The summed E-state index contributed by atoms with van der Waals surface area (Å²) >= 11 is 1.36. The van der Waals surface area contributed by atoms with Crippen molar-refractivity contribution in [3.05, 3.63) is 28.1 Å². The second kappa shape index (κ2) is 4.51. The molecule has 6 nitrogen and oxygen atoms in total. The number of esters is 1. The fraction of sp³-hybridized carbons (Fsp3) is 0.364. The van der Waals surface area contributed by atoms with Gasteiger partial charge in [0, 0.05) is 0 Å². The summed E-state index contributed by atoms with van der Waals surface area (Å²) < 4.78 is 5.68. The normalized spacial score (nSPS) is 14.4. The second-order valence-corrected chi connectivity index (χ2v) is 4.98. The lowest BCUT2D eigenvalue weighted by molar-refractivity contribution is -0.161. The van der Waals surface area contributed by atoms with Crippen LogP contribution in [-0.2, 0) is 16.1 Å². The number of hydrogen-bond acceptors (Lipinski definition) is 6. The number of thiophene rings is 1. The summed E-state index contributed by atoms with van der Waals surface area (Å²) in [5.41, 5.74) is -2.05. The predicted octanol–water partition coefficient (Wildman–Crippen LogP) is 0.382. The van der Waals surface area contributed by atoms with Crippen molar-refractivity contribution in [3.8, 4) is 0 Å². The summed E-state index contributed by atoms with van der Waals surface area (Å²) in [5.74, 6) is -0.792. The van der Waals surface area contributed by atoms with Gasteiger partial charge in [-0.2, -0.15) is 0 Å². The average Bonchev–Trinajstić information content (AvgIpc) is 2.80. The van der Waals surface area contributed by atoms with E-state index in [4.69, 9.17) is 0 Å². The number of rotatable bonds is 3. The van der Waals surface area contributed by atoms with E-state index in [2.05, 4.69) is 9.72 Å². The molecule has 1 atom stereocenters. The van der Waals surface area contributed by atoms with Gasteiger partial charge in [0.2, 0.25) is 0 Å². The van der Waals surface area contributed by atoms with Gasteiger partial charge >= 0.3 is 5.97 Å². The number of carbonyl (C=O) groups excluding carboxylic acids is 1. The number of hydrogen-bond donors (Lipinski definition) is 1. The minimum absolute atomic E-state index is 0.197. The Hall–Kier alpha value is -1.73. The molecule has 0 aliphatic carbocycles. The molecule has 96 valence electrons. The predicted molar refractivity (Wildman–Crippen MR) is 66.5 cm³/mol. The van der Waals surface area contributed by atoms with Gasteiger partial charge in [0.15, 0.2) is 5.60 Å². The van der Waals surface area contributed by atoms with E-state index < -0.39 is 11.6 Å². The van der Waals surface area contributed by atoms with Crippen molar-refractivity contribution in [2.24, 2.45) is 0 Å². The van der Waals surface area contributed by atoms with E-state index in [1.165, 1.54) is 36.3 Å². The summed E-state index contributed by atoms with van der Waals surface area (Å²) in [7, 11) is 1.18. The summed E-state index contributed by atoms with van der Waals surface area (Å²) in [6.07, 6.45) is 1.32. The molecule has 18 heavy (non-hydrogen) atoms. The molecule has 0 amide bonds. The van der Waals surface area contributed by atoms with E-state index in [1.54, 1.807) is 11.4 Å². The highest BCUT2D eigenvalue weighted by Crippen LogP contribution is 2.14. The van der Waals surface area contributed by atoms with Gasteiger partial charge < -0.3 is 9.84 Å². The molecule has 1 N–H and O–H groups in total. The highest BCUT2D eigenvalue weighted by Gasteiger charge is 2.32. The van der Waals surface area contributed by atoms with Crippen molar-refractivity contribution in [1.82, 2.24) is 9.55 Å². The number of nitrogens with zero attached hydrogens (tertiary/aromatic N) is 2. The fourth-order valence-corrected chi connectivity index (χ4v) is 2.35. The average molecular weight is 268 g/mol. The third kappa shape index (κ3) is 2.14. The first kappa shape index (κ1) is 12.7. The Balaban J connectivity index is 2.41. The minimum atomic E-state index is -1.76. The Morgan fingerprint density at radius 1 is 1.67 bits per heavy atom. The molecule has 7 heteroatoms. The number of carbonyl (C=O) groups is 1. The summed E-state index contributed by atoms with van der Waals surface area (Å²) in [5, 5.41) is 12.2. The van der Waals surface area contributed by atoms with Crippen LogP contribution in [0.1, 0.15) is 6.92 Å². The maximum Gasteiger partial charge on any atom is 0.339 e. The molecule has 0 radical (unpaired) electrons. The maximum absolute atomic E-state index is 12.0. The third-order valence-electron chi connectivity index (χ3n) is 2.55. The van der Waals surface area contributed by atoms with Gasteiger partial charge in [-0.15, -0.1) is 11.3 Å². The molecule has 2 aromatic heterocycles. The zero-order valence-corrected chi connectivity index (χ0v) is 10.7. The van der Waals surface area contributed by atoms with Gasteiger partial charge in [0.1, 0.15) is 4.83 Å². The molecule has 0 spiro atoms. The number of ether oxygens (including phenoxy) is 1. The summed E-state index contributed by atoms with van der Waals surface area (Å²) in [6.45, 7) is 1.10. The number of aromatic nitrogens is 2. The van der Waals surface area contributed by atoms with Crippen LogP contribution in [0.3, 0.4) is 0 Å². The lowest BCUT2D eigenvalue weighted by Crippen LogP contribution is -2.43. The lowest BCUT2D eigenvalue weighted by atomic mass is 10.1. The van der Waals surface area contributed by atoms with E-state index >= 15 is 0 Å². The monoisotopic (exact) mass is 268 g/mol. The summed E-state index contributed by atoms with van der Waals surface area (Å²) in [4.78, 5) is 28.1. The topological polar surface area (TPSA) is 81.4 Å². The first-order valence-electron chi connectivity index (χ1n) is 5.19. The molecule has 0 fully saturated rings. The lowest BCUT2D eigenvalue weighted by Gasteiger charge is -2.20. The van der Waals surface area contributed by atoms with Crippen molar-refractivity contribution in [3.63, 3.8) is 0 Å². The first-order chi connectivity index (χ1) is 8.45. The molecule has 2 rings (SSSR count). The van der Waals surface area contributed by atoms with E-state index in [0.717, 1.165) is 0 Å². The molecule has 2 aromatic rings. The molecule has 1 unspecified atom stereocenters. The molecule has 0 saturated heterocycles. The van der Waals surface area contributed by atoms with Crippen molar-refractivity contribution in [2.45, 2.75) is 19.1 Å². The Labute approximate surface area is 106 Å². The van der Waals surface area contributed by atoms with Gasteiger partial charge in [-0.25, -0.2) is 9.78 Å². The number of fused-ring (bicyclic) bond motifs is 1. The third-order valence-corrected chi connectivity index (χ3v) is 3.37. The van der Waals surface area contributed by atoms with Gasteiger partial charge in [0.05, 0.1) is 25.4 Å². The van der Waals surface area contributed by atoms with Crippen LogP contribution in [0.4, 0.5) is 0 Å². The van der Waals surface area contributed by atoms with E-state index in [-0.39, 0.29) is 12.1 Å². The largest absolute Gasteiger partial charge is 0.467 e. The van der Waals surface area contributed by atoms with Crippen LogP contribution in [0.15, 0.2) is 22.6 Å². The summed E-state index contributed by atoms with van der Waals surface area (Å²) in [6, 6.07) is 1.67. The Morgan fingerprint density at radius 2 is 2.39 bits per heavy atom. The molecule has 0 aromatic carbocycles. The SMILES string of the molecule is COC(=O)C(C)(O)Cn1cnc2sccc2c1=O. The highest BCUT2D eigenvalue weighted by atomic mass is 32.1. The molecule has 0 bridgehead atoms. The van der Waals surface area contributed by atoms with Crippen LogP contribution in [0.25, 0.3) is 10.2 Å². The van der Waals surface area contributed by atoms with Gasteiger partial charge in [-0.05, 0) is 18.4 Å². The van der Waals surface area contributed by atoms with E-state index in [1.807, 2.05) is 0 Å². The van der Waals surface area contributed by atoms with Crippen LogP contribution >= 0.6 is 11.3 Å². The van der Waals surface area contributed by atoms with Crippen LogP contribution in [0, 0.1) is 0 Å². The molecule has 2 heterocycles. The van der Waals surface area contributed by atoms with Gasteiger partial charge in [-0.3, -0.25) is 9.36 Å². The van der Waals surface area contributed by atoms with E-state index in [9.17, 15) is 14.7 Å². The van der Waals surface area contributed by atoms with Crippen LogP contribution in [0.5, 0.6) is 0 Å². The van der Waals surface area contributed by atoms with Crippen LogP contribution in [-0.4, -0.2) is 33.3 Å². The molecule has 0 aliphatic rings. The zero-order valence-electron chi connectivity index (χ0n) is 9.91. The first-order valence-corrected chi connectivity index (χ1v) is 6.07. The van der Waals surface area contributed by atoms with Gasteiger partial charge in [-0.1, -0.05) is 0 Å². The molecular weight excluding hydrogens is 256 g/mol. The Morgan fingerprint density at radius 3 is 3.06 bits per heavy atom. The smallest absolute Gasteiger partial charge is 0.339 e. The van der Waals surface area contributed by atoms with Crippen molar-refractivity contribution in [2.75, 3.05) is 7.11 Å². The Kier molecular flexibility index (Phi) is 3.18. The number of methoxy groups -OCH3 is 1. The maximum atomic E-state index is 12.0. The standard InChI is InChI=1S/C11H12N2O4S/c1-11(16,10(15)17-2)5-13-6-12-8-7(9(13)14)3-4-18-8/h3-4,6,16H,5H2,1-2H3. The van der Waals surface area contributed by atoms with Crippen molar-refractivity contribution < 1.29 is 14.6 Å². The molecular formula is C11H12N2O4S.